The van der Waals surface area contributed by atoms with Crippen molar-refractivity contribution in [3.8, 4) is 0 Å². The smallest absolute Gasteiger partial charge is 0.315 e. The largest absolute Gasteiger partial charge is 0.481 e. The van der Waals surface area contributed by atoms with Gasteiger partial charge in [0.25, 0.3) is 0 Å². The number of carboxylic acids is 1. The van der Waals surface area contributed by atoms with E-state index in [9.17, 15) is 9.59 Å². The van der Waals surface area contributed by atoms with Crippen LogP contribution in [0.15, 0.2) is 10.6 Å². The van der Waals surface area contributed by atoms with E-state index in [-0.39, 0.29) is 24.5 Å². The van der Waals surface area contributed by atoms with Crippen LogP contribution in [0.3, 0.4) is 0 Å². The molecule has 2 amide bonds. The van der Waals surface area contributed by atoms with Gasteiger partial charge in [0.15, 0.2) is 5.76 Å². The summed E-state index contributed by atoms with van der Waals surface area (Å²) in [6, 6.07) is 1.36. The topological polar surface area (TPSA) is 104 Å². The number of hydrogen-bond acceptors (Lipinski definition) is 4. The van der Waals surface area contributed by atoms with Crippen molar-refractivity contribution in [3.63, 3.8) is 0 Å². The molecule has 1 heterocycles. The molecule has 3 N–H and O–H groups in total. The number of aryl methyl sites for hydroxylation is 1. The van der Waals surface area contributed by atoms with Gasteiger partial charge in [-0.05, 0) is 26.2 Å². The van der Waals surface area contributed by atoms with Gasteiger partial charge in [-0.1, -0.05) is 5.16 Å². The third kappa shape index (κ3) is 3.70. The Morgan fingerprint density at radius 2 is 2.32 bits per heavy atom. The number of aromatic nitrogens is 1. The second-order valence-electron chi connectivity index (χ2n) is 4.81. The van der Waals surface area contributed by atoms with Crippen molar-refractivity contribution in [3.05, 3.63) is 17.5 Å². The maximum Gasteiger partial charge on any atom is 0.315 e. The molecule has 0 bridgehead atoms. The normalized spacial score (nSPS) is 22.2. The number of aliphatic carboxylic acids is 1. The molecule has 0 saturated heterocycles. The summed E-state index contributed by atoms with van der Waals surface area (Å²) in [5.74, 6) is -0.549. The third-order valence-corrected chi connectivity index (χ3v) is 3.22. The fourth-order valence-electron chi connectivity index (χ4n) is 2.24. The summed E-state index contributed by atoms with van der Waals surface area (Å²) in [6.07, 6.45) is 1.80. The Bertz CT molecular complexity index is 471. The zero-order valence-electron chi connectivity index (χ0n) is 10.7. The van der Waals surface area contributed by atoms with E-state index in [1.165, 1.54) is 0 Å². The monoisotopic (exact) mass is 267 g/mol. The molecule has 2 unspecified atom stereocenters. The standard InChI is InChI=1S/C12H17N3O4/c1-7-4-10(19-15-7)6-13-12(18)14-9-3-2-8(5-9)11(16)17/h4,8-9H,2-3,5-6H2,1H3,(H,16,17)(H2,13,14,18). The highest BCUT2D eigenvalue weighted by atomic mass is 16.5. The number of nitrogens with zero attached hydrogens (tertiary/aromatic N) is 1. The summed E-state index contributed by atoms with van der Waals surface area (Å²) in [4.78, 5) is 22.4. The highest BCUT2D eigenvalue weighted by molar-refractivity contribution is 5.75. The van der Waals surface area contributed by atoms with E-state index in [0.717, 1.165) is 5.69 Å². The van der Waals surface area contributed by atoms with E-state index in [1.807, 2.05) is 0 Å². The van der Waals surface area contributed by atoms with E-state index >= 15 is 0 Å². The van der Waals surface area contributed by atoms with Gasteiger partial charge in [0.05, 0.1) is 18.2 Å². The molecule has 7 heteroatoms. The zero-order valence-corrected chi connectivity index (χ0v) is 10.7. The van der Waals surface area contributed by atoms with Crippen molar-refractivity contribution in [2.24, 2.45) is 5.92 Å². The van der Waals surface area contributed by atoms with Crippen LogP contribution in [0, 0.1) is 12.8 Å². The first kappa shape index (κ1) is 13.4. The summed E-state index contributed by atoms with van der Waals surface area (Å²) >= 11 is 0. The maximum absolute atomic E-state index is 11.6. The van der Waals surface area contributed by atoms with Gasteiger partial charge >= 0.3 is 12.0 Å². The molecule has 1 fully saturated rings. The molecule has 19 heavy (non-hydrogen) atoms. The number of urea groups is 1. The lowest BCUT2D eigenvalue weighted by atomic mass is 10.1. The second-order valence-corrected chi connectivity index (χ2v) is 4.81. The Kier molecular flexibility index (Phi) is 4.03. The van der Waals surface area contributed by atoms with Crippen LogP contribution < -0.4 is 10.6 Å². The van der Waals surface area contributed by atoms with Crippen molar-refractivity contribution in [2.45, 2.75) is 38.8 Å². The quantitative estimate of drug-likeness (QED) is 0.756. The van der Waals surface area contributed by atoms with Gasteiger partial charge in [-0.3, -0.25) is 4.79 Å². The van der Waals surface area contributed by atoms with E-state index < -0.39 is 5.97 Å². The first-order chi connectivity index (χ1) is 9.04. The molecule has 1 saturated carbocycles. The van der Waals surface area contributed by atoms with Crippen LogP contribution in [0.4, 0.5) is 4.79 Å². The number of carbonyl (C=O) groups excluding carboxylic acids is 1. The van der Waals surface area contributed by atoms with E-state index in [0.29, 0.717) is 25.0 Å². The minimum atomic E-state index is -0.790. The first-order valence-corrected chi connectivity index (χ1v) is 6.24. The Hall–Kier alpha value is -2.05. The molecule has 1 aromatic rings. The molecular formula is C12H17N3O4. The molecule has 1 aliphatic carbocycles. The molecule has 1 aromatic heterocycles. The van der Waals surface area contributed by atoms with E-state index in [2.05, 4.69) is 15.8 Å². The zero-order chi connectivity index (χ0) is 13.8. The van der Waals surface area contributed by atoms with E-state index in [1.54, 1.807) is 13.0 Å². The third-order valence-electron chi connectivity index (χ3n) is 3.22. The van der Waals surface area contributed by atoms with Crippen molar-refractivity contribution < 1.29 is 19.2 Å². The van der Waals surface area contributed by atoms with Gasteiger partial charge in [-0.2, -0.15) is 0 Å². The SMILES string of the molecule is Cc1cc(CNC(=O)NC2CCC(C(=O)O)C2)on1. The van der Waals surface area contributed by atoms with Gasteiger partial charge in [0.1, 0.15) is 0 Å². The predicted molar refractivity (Wildman–Crippen MR) is 65.4 cm³/mol. The second kappa shape index (κ2) is 5.73. The van der Waals surface area contributed by atoms with Crippen molar-refractivity contribution in [1.29, 1.82) is 0 Å². The van der Waals surface area contributed by atoms with Crippen LogP contribution in [0.5, 0.6) is 0 Å². The predicted octanol–water partition coefficient (Wildman–Crippen LogP) is 1.04. The Morgan fingerprint density at radius 3 is 2.89 bits per heavy atom. The molecule has 2 rings (SSSR count). The maximum atomic E-state index is 11.6. The van der Waals surface area contributed by atoms with Crippen LogP contribution in [0.25, 0.3) is 0 Å². The number of amides is 2. The van der Waals surface area contributed by atoms with Crippen molar-refractivity contribution in [1.82, 2.24) is 15.8 Å². The van der Waals surface area contributed by atoms with Gasteiger partial charge in [-0.15, -0.1) is 0 Å². The molecule has 2 atom stereocenters. The number of hydrogen-bond donors (Lipinski definition) is 3. The Balaban J connectivity index is 1.72. The molecule has 0 aliphatic heterocycles. The number of carbonyl (C=O) groups is 2. The number of carboxylic acid groups (broad SMARTS) is 1. The fraction of sp³-hybridized carbons (Fsp3) is 0.583. The first-order valence-electron chi connectivity index (χ1n) is 6.24. The van der Waals surface area contributed by atoms with Crippen molar-refractivity contribution in [2.75, 3.05) is 0 Å². The van der Waals surface area contributed by atoms with Crippen LogP contribution in [0.1, 0.15) is 30.7 Å². The molecule has 7 nitrogen and oxygen atoms in total. The lowest BCUT2D eigenvalue weighted by molar-refractivity contribution is -0.141. The van der Waals surface area contributed by atoms with Gasteiger partial charge in [0, 0.05) is 12.1 Å². The lowest BCUT2D eigenvalue weighted by Gasteiger charge is -2.12. The summed E-state index contributed by atoms with van der Waals surface area (Å²) in [6.45, 7) is 2.07. The minimum absolute atomic E-state index is 0.0717. The van der Waals surface area contributed by atoms with Crippen LogP contribution in [-0.4, -0.2) is 28.3 Å². The molecular weight excluding hydrogens is 250 g/mol. The van der Waals surface area contributed by atoms with Gasteiger partial charge < -0.3 is 20.3 Å². The molecule has 0 radical (unpaired) electrons. The Morgan fingerprint density at radius 1 is 1.53 bits per heavy atom. The van der Waals surface area contributed by atoms with Crippen LogP contribution in [-0.2, 0) is 11.3 Å². The average molecular weight is 267 g/mol. The highest BCUT2D eigenvalue weighted by Gasteiger charge is 2.30. The Labute approximate surface area is 110 Å². The number of nitrogens with one attached hydrogen (secondary N) is 2. The summed E-state index contributed by atoms with van der Waals surface area (Å²) in [7, 11) is 0. The van der Waals surface area contributed by atoms with Crippen molar-refractivity contribution >= 4 is 12.0 Å². The molecule has 1 aliphatic rings. The number of rotatable bonds is 4. The minimum Gasteiger partial charge on any atom is -0.481 e. The molecule has 0 aromatic carbocycles. The fourth-order valence-corrected chi connectivity index (χ4v) is 2.24. The molecule has 0 spiro atoms. The van der Waals surface area contributed by atoms with E-state index in [4.69, 9.17) is 9.63 Å². The summed E-state index contributed by atoms with van der Waals surface area (Å²) < 4.78 is 4.96. The summed E-state index contributed by atoms with van der Waals surface area (Å²) in [5, 5.41) is 18.0. The average Bonchev–Trinajstić information content (AvgIpc) is 2.96. The van der Waals surface area contributed by atoms with Gasteiger partial charge in [-0.25, -0.2) is 4.79 Å². The van der Waals surface area contributed by atoms with Crippen LogP contribution >= 0.6 is 0 Å². The highest BCUT2D eigenvalue weighted by Crippen LogP contribution is 2.25. The molecule has 104 valence electrons. The van der Waals surface area contributed by atoms with Gasteiger partial charge in [0.2, 0.25) is 0 Å². The van der Waals surface area contributed by atoms with Crippen LogP contribution in [0.2, 0.25) is 0 Å². The lowest BCUT2D eigenvalue weighted by Crippen LogP contribution is -2.40. The summed E-state index contributed by atoms with van der Waals surface area (Å²) in [5.41, 5.74) is 0.761.